The highest BCUT2D eigenvalue weighted by molar-refractivity contribution is 5.75. The minimum absolute atomic E-state index is 0.109. The van der Waals surface area contributed by atoms with E-state index in [1.165, 1.54) is 4.90 Å². The van der Waals surface area contributed by atoms with Crippen LogP contribution in [-0.4, -0.2) is 46.7 Å². The first-order chi connectivity index (χ1) is 9.01. The number of nitrogens with zero attached hydrogens (tertiary/aromatic N) is 1. The summed E-state index contributed by atoms with van der Waals surface area (Å²) in [6.45, 7) is 5.74. The number of piperidine rings is 1. The SMILES string of the molecule is CC(C)(C)OC(=O)N1CCCC(CC(F)(F)C(=O)O)C1. The number of carboxylic acids is 1. The van der Waals surface area contributed by atoms with Gasteiger partial charge in [0.15, 0.2) is 0 Å². The third-order valence-electron chi connectivity index (χ3n) is 3.03. The third-order valence-corrected chi connectivity index (χ3v) is 3.03. The van der Waals surface area contributed by atoms with Crippen LogP contribution in [0.5, 0.6) is 0 Å². The van der Waals surface area contributed by atoms with Crippen molar-refractivity contribution < 1.29 is 28.2 Å². The van der Waals surface area contributed by atoms with Crippen LogP contribution in [0.25, 0.3) is 0 Å². The number of ether oxygens (including phenoxy) is 1. The van der Waals surface area contributed by atoms with Gasteiger partial charge in [-0.25, -0.2) is 9.59 Å². The molecule has 116 valence electrons. The van der Waals surface area contributed by atoms with E-state index in [0.717, 1.165) is 0 Å². The summed E-state index contributed by atoms with van der Waals surface area (Å²) in [4.78, 5) is 23.7. The zero-order valence-corrected chi connectivity index (χ0v) is 12.0. The lowest BCUT2D eigenvalue weighted by molar-refractivity contribution is -0.167. The Bertz CT molecular complexity index is 379. The van der Waals surface area contributed by atoms with Gasteiger partial charge in [0.25, 0.3) is 0 Å². The van der Waals surface area contributed by atoms with Crippen LogP contribution in [0.3, 0.4) is 0 Å². The van der Waals surface area contributed by atoms with Crippen LogP contribution in [0, 0.1) is 5.92 Å². The number of carbonyl (C=O) groups is 2. The van der Waals surface area contributed by atoms with E-state index in [2.05, 4.69) is 0 Å². The molecule has 20 heavy (non-hydrogen) atoms. The van der Waals surface area contributed by atoms with Gasteiger partial charge in [-0.2, -0.15) is 8.78 Å². The van der Waals surface area contributed by atoms with Gasteiger partial charge in [-0.1, -0.05) is 0 Å². The summed E-state index contributed by atoms with van der Waals surface area (Å²) in [7, 11) is 0. The van der Waals surface area contributed by atoms with Gasteiger partial charge in [0.1, 0.15) is 5.60 Å². The van der Waals surface area contributed by atoms with E-state index in [4.69, 9.17) is 9.84 Å². The van der Waals surface area contributed by atoms with Crippen molar-refractivity contribution in [3.63, 3.8) is 0 Å². The average Bonchev–Trinajstić information content (AvgIpc) is 2.26. The van der Waals surface area contributed by atoms with Gasteiger partial charge in [-0.15, -0.1) is 0 Å². The van der Waals surface area contributed by atoms with Crippen molar-refractivity contribution in [2.24, 2.45) is 5.92 Å². The highest BCUT2D eigenvalue weighted by Crippen LogP contribution is 2.30. The number of carboxylic acid groups (broad SMARTS) is 1. The monoisotopic (exact) mass is 293 g/mol. The molecule has 0 aliphatic carbocycles. The molecule has 0 spiro atoms. The molecular formula is C13H21F2NO4. The second-order valence-electron chi connectivity index (χ2n) is 6.15. The number of alkyl halides is 2. The Morgan fingerprint density at radius 1 is 1.35 bits per heavy atom. The first-order valence-electron chi connectivity index (χ1n) is 6.60. The number of hydrogen-bond acceptors (Lipinski definition) is 3. The van der Waals surface area contributed by atoms with Crippen molar-refractivity contribution in [3.8, 4) is 0 Å². The molecule has 5 nitrogen and oxygen atoms in total. The molecule has 1 N–H and O–H groups in total. The summed E-state index contributed by atoms with van der Waals surface area (Å²) in [6, 6.07) is 0. The Labute approximate surface area is 116 Å². The van der Waals surface area contributed by atoms with Crippen LogP contribution in [-0.2, 0) is 9.53 Å². The Morgan fingerprint density at radius 2 is 1.95 bits per heavy atom. The van der Waals surface area contributed by atoms with Crippen molar-refractivity contribution in [1.82, 2.24) is 4.90 Å². The summed E-state index contributed by atoms with van der Waals surface area (Å²) >= 11 is 0. The first-order valence-corrected chi connectivity index (χ1v) is 6.60. The highest BCUT2D eigenvalue weighted by atomic mass is 19.3. The Kier molecular flexibility index (Phi) is 4.94. The number of carbonyl (C=O) groups excluding carboxylic acids is 1. The molecule has 1 aliphatic heterocycles. The van der Waals surface area contributed by atoms with E-state index in [0.29, 0.717) is 19.4 Å². The topological polar surface area (TPSA) is 66.8 Å². The number of hydrogen-bond donors (Lipinski definition) is 1. The van der Waals surface area contributed by atoms with E-state index < -0.39 is 35.9 Å². The van der Waals surface area contributed by atoms with E-state index in [1.54, 1.807) is 20.8 Å². The molecule has 0 radical (unpaired) electrons. The second-order valence-corrected chi connectivity index (χ2v) is 6.15. The molecule has 7 heteroatoms. The number of likely N-dealkylation sites (tertiary alicyclic amines) is 1. The van der Waals surface area contributed by atoms with Crippen molar-refractivity contribution in [2.75, 3.05) is 13.1 Å². The van der Waals surface area contributed by atoms with Crippen LogP contribution in [0.1, 0.15) is 40.0 Å². The summed E-state index contributed by atoms with van der Waals surface area (Å²) < 4.78 is 31.6. The maximum atomic E-state index is 13.2. The number of halogens is 2. The second kappa shape index (κ2) is 5.93. The van der Waals surface area contributed by atoms with E-state index >= 15 is 0 Å². The Hall–Kier alpha value is -1.40. The van der Waals surface area contributed by atoms with Gasteiger partial charge in [0.05, 0.1) is 0 Å². The molecule has 0 saturated carbocycles. The Balaban J connectivity index is 2.59. The summed E-state index contributed by atoms with van der Waals surface area (Å²) in [6.07, 6.45) is -0.232. The first kappa shape index (κ1) is 16.7. The van der Waals surface area contributed by atoms with Gasteiger partial charge in [-0.3, -0.25) is 0 Å². The predicted molar refractivity (Wildman–Crippen MR) is 67.7 cm³/mol. The molecule has 0 aromatic carbocycles. The summed E-state index contributed by atoms with van der Waals surface area (Å²) in [5.74, 6) is -6.39. The fourth-order valence-electron chi connectivity index (χ4n) is 2.17. The van der Waals surface area contributed by atoms with Crippen LogP contribution >= 0.6 is 0 Å². The molecule has 1 unspecified atom stereocenters. The maximum Gasteiger partial charge on any atom is 0.410 e. The molecule has 1 heterocycles. The molecule has 1 saturated heterocycles. The lowest BCUT2D eigenvalue weighted by atomic mass is 9.92. The van der Waals surface area contributed by atoms with Gasteiger partial charge in [0.2, 0.25) is 0 Å². The van der Waals surface area contributed by atoms with E-state index in [-0.39, 0.29) is 6.54 Å². The van der Waals surface area contributed by atoms with Crippen molar-refractivity contribution >= 4 is 12.1 Å². The molecular weight excluding hydrogens is 272 g/mol. The molecule has 0 bridgehead atoms. The minimum Gasteiger partial charge on any atom is -0.477 e. The largest absolute Gasteiger partial charge is 0.477 e. The highest BCUT2D eigenvalue weighted by Gasteiger charge is 2.42. The minimum atomic E-state index is -3.75. The standard InChI is InChI=1S/C13H21F2NO4/c1-12(2,3)20-11(19)16-6-4-5-9(8-16)7-13(14,15)10(17)18/h9H,4-8H2,1-3H3,(H,17,18). The molecule has 0 aromatic rings. The maximum absolute atomic E-state index is 13.2. The van der Waals surface area contributed by atoms with Gasteiger partial charge in [-0.05, 0) is 39.5 Å². The fraction of sp³-hybridized carbons (Fsp3) is 0.846. The zero-order chi connectivity index (χ0) is 15.6. The average molecular weight is 293 g/mol. The third kappa shape index (κ3) is 4.94. The van der Waals surface area contributed by atoms with Gasteiger partial charge in [0, 0.05) is 19.5 Å². The molecule has 1 rings (SSSR count). The summed E-state index contributed by atoms with van der Waals surface area (Å²) in [5.41, 5.74) is -0.644. The van der Waals surface area contributed by atoms with Crippen molar-refractivity contribution in [2.45, 2.75) is 51.6 Å². The van der Waals surface area contributed by atoms with Crippen LogP contribution < -0.4 is 0 Å². The lowest BCUT2D eigenvalue weighted by Crippen LogP contribution is -2.44. The number of amides is 1. The number of aliphatic carboxylic acids is 1. The molecule has 1 amide bonds. The lowest BCUT2D eigenvalue weighted by Gasteiger charge is -2.34. The quantitative estimate of drug-likeness (QED) is 0.869. The normalized spacial score (nSPS) is 20.6. The van der Waals surface area contributed by atoms with Crippen LogP contribution in [0.2, 0.25) is 0 Å². The predicted octanol–water partition coefficient (Wildman–Crippen LogP) is 2.74. The van der Waals surface area contributed by atoms with Crippen molar-refractivity contribution in [3.05, 3.63) is 0 Å². The molecule has 0 aromatic heterocycles. The number of rotatable bonds is 3. The van der Waals surface area contributed by atoms with Gasteiger partial charge >= 0.3 is 18.0 Å². The smallest absolute Gasteiger partial charge is 0.410 e. The molecule has 1 atom stereocenters. The van der Waals surface area contributed by atoms with E-state index in [9.17, 15) is 18.4 Å². The molecule has 1 aliphatic rings. The Morgan fingerprint density at radius 3 is 2.45 bits per heavy atom. The summed E-state index contributed by atoms with van der Waals surface area (Å²) in [5, 5.41) is 8.44. The van der Waals surface area contributed by atoms with Crippen LogP contribution in [0.15, 0.2) is 0 Å². The van der Waals surface area contributed by atoms with E-state index in [1.807, 2.05) is 0 Å². The van der Waals surface area contributed by atoms with Gasteiger partial charge < -0.3 is 14.7 Å². The van der Waals surface area contributed by atoms with Crippen LogP contribution in [0.4, 0.5) is 13.6 Å². The van der Waals surface area contributed by atoms with Crippen molar-refractivity contribution in [1.29, 1.82) is 0 Å². The fourth-order valence-corrected chi connectivity index (χ4v) is 2.17. The molecule has 1 fully saturated rings. The zero-order valence-electron chi connectivity index (χ0n) is 12.0.